The first-order valence-corrected chi connectivity index (χ1v) is 11.6. The summed E-state index contributed by atoms with van der Waals surface area (Å²) in [5.41, 5.74) is 1.52. The molecule has 2 amide bonds. The van der Waals surface area contributed by atoms with Crippen molar-refractivity contribution in [2.75, 3.05) is 39.2 Å². The van der Waals surface area contributed by atoms with Crippen molar-refractivity contribution in [2.24, 2.45) is 0 Å². The van der Waals surface area contributed by atoms with Gasteiger partial charge in [-0.2, -0.15) is 0 Å². The van der Waals surface area contributed by atoms with Crippen molar-refractivity contribution < 1.29 is 14.3 Å². The third-order valence-electron chi connectivity index (χ3n) is 5.13. The highest BCUT2D eigenvalue weighted by molar-refractivity contribution is 6.30. The van der Waals surface area contributed by atoms with E-state index in [1.807, 2.05) is 19.0 Å². The summed E-state index contributed by atoms with van der Waals surface area (Å²) in [6.07, 6.45) is 1.70. The average Bonchev–Trinajstić information content (AvgIpc) is 2.83. The van der Waals surface area contributed by atoms with Gasteiger partial charge in [0, 0.05) is 47.2 Å². The van der Waals surface area contributed by atoms with Crippen LogP contribution in [0.2, 0.25) is 5.02 Å². The maximum absolute atomic E-state index is 12.9. The van der Waals surface area contributed by atoms with Crippen LogP contribution in [0.5, 0.6) is 0 Å². The molecule has 0 saturated carbocycles. The lowest BCUT2D eigenvalue weighted by Crippen LogP contribution is -2.41. The van der Waals surface area contributed by atoms with E-state index in [0.717, 1.165) is 6.54 Å². The van der Waals surface area contributed by atoms with E-state index in [0.29, 0.717) is 28.6 Å². The molecule has 1 heterocycles. The second kappa shape index (κ2) is 12.9. The van der Waals surface area contributed by atoms with Crippen molar-refractivity contribution in [1.29, 1.82) is 0 Å². The van der Waals surface area contributed by atoms with Crippen molar-refractivity contribution in [1.82, 2.24) is 14.8 Å². The molecule has 0 aliphatic rings. The number of pyridine rings is 1. The fraction of sp³-hybridized carbons (Fsp3) is 0.269. The van der Waals surface area contributed by atoms with Crippen LogP contribution in [-0.2, 0) is 9.53 Å². The highest BCUT2D eigenvalue weighted by atomic mass is 35.5. The lowest BCUT2D eigenvalue weighted by atomic mass is 10.1. The van der Waals surface area contributed by atoms with E-state index in [9.17, 15) is 14.4 Å². The van der Waals surface area contributed by atoms with Gasteiger partial charge < -0.3 is 20.3 Å². The van der Waals surface area contributed by atoms with Crippen molar-refractivity contribution in [3.8, 4) is 5.69 Å². The van der Waals surface area contributed by atoms with Gasteiger partial charge in [-0.3, -0.25) is 19.0 Å². The van der Waals surface area contributed by atoms with Gasteiger partial charge in [0.25, 0.3) is 11.5 Å². The number of rotatable bonds is 11. The largest absolute Gasteiger partial charge is 0.378 e. The molecule has 1 aromatic heterocycles. The summed E-state index contributed by atoms with van der Waals surface area (Å²) >= 11 is 5.90. The Morgan fingerprint density at radius 2 is 1.74 bits per heavy atom. The van der Waals surface area contributed by atoms with E-state index >= 15 is 0 Å². The molecule has 184 valence electrons. The number of nitrogens with zero attached hydrogens (tertiary/aromatic N) is 2. The molecule has 0 bridgehead atoms. The van der Waals surface area contributed by atoms with Gasteiger partial charge in [0.1, 0.15) is 0 Å². The van der Waals surface area contributed by atoms with Gasteiger partial charge in [-0.15, -0.1) is 0 Å². The van der Waals surface area contributed by atoms with Crippen LogP contribution in [0.4, 0.5) is 5.69 Å². The maximum atomic E-state index is 12.9. The zero-order chi connectivity index (χ0) is 25.2. The van der Waals surface area contributed by atoms with Crippen molar-refractivity contribution in [3.63, 3.8) is 0 Å². The van der Waals surface area contributed by atoms with E-state index in [-0.39, 0.29) is 30.4 Å². The molecule has 3 aromatic rings. The molecule has 0 aliphatic heterocycles. The molecule has 0 saturated heterocycles. The number of nitrogens with one attached hydrogen (secondary N) is 2. The molecule has 1 atom stereocenters. The molecule has 8 nitrogen and oxygen atoms in total. The Balaban J connectivity index is 1.65. The first-order chi connectivity index (χ1) is 16.8. The molecular formula is C26H29ClN4O4. The van der Waals surface area contributed by atoms with Crippen molar-refractivity contribution >= 4 is 29.1 Å². The number of aromatic nitrogens is 1. The molecule has 0 radical (unpaired) electrons. The second-order valence-corrected chi connectivity index (χ2v) is 8.70. The van der Waals surface area contributed by atoms with Crippen LogP contribution in [0.25, 0.3) is 5.69 Å². The van der Waals surface area contributed by atoms with Crippen LogP contribution >= 0.6 is 11.6 Å². The number of benzene rings is 2. The van der Waals surface area contributed by atoms with E-state index < -0.39 is 6.04 Å². The number of hydrogen-bond donors (Lipinski definition) is 2. The number of ether oxygens (including phenoxy) is 1. The topological polar surface area (TPSA) is 92.7 Å². The van der Waals surface area contributed by atoms with Crippen molar-refractivity contribution in [2.45, 2.75) is 12.5 Å². The number of likely N-dealkylation sites (N-methyl/N-ethyl adjacent to an activating group) is 1. The highest BCUT2D eigenvalue weighted by Gasteiger charge is 2.18. The SMILES string of the molecule is CN(C)CCOCC(CC(=O)Nc1ccc(Cl)cc1)NC(=O)c1ccc(-n2ccccc2=O)cc1. The molecule has 1 unspecified atom stereocenters. The third kappa shape index (κ3) is 8.36. The number of anilines is 1. The highest BCUT2D eigenvalue weighted by Crippen LogP contribution is 2.14. The monoisotopic (exact) mass is 496 g/mol. The number of hydrogen-bond acceptors (Lipinski definition) is 5. The molecule has 3 rings (SSSR count). The van der Waals surface area contributed by atoms with Crippen LogP contribution in [0, 0.1) is 0 Å². The molecule has 9 heteroatoms. The van der Waals surface area contributed by atoms with E-state index in [1.165, 1.54) is 10.6 Å². The molecule has 35 heavy (non-hydrogen) atoms. The third-order valence-corrected chi connectivity index (χ3v) is 5.38. The van der Waals surface area contributed by atoms with Gasteiger partial charge in [0.05, 0.1) is 19.3 Å². The number of amides is 2. The van der Waals surface area contributed by atoms with E-state index in [2.05, 4.69) is 10.6 Å². The van der Waals surface area contributed by atoms with Gasteiger partial charge in [-0.25, -0.2) is 0 Å². The Labute approximate surface area is 209 Å². The van der Waals surface area contributed by atoms with Crippen LogP contribution < -0.4 is 16.2 Å². The van der Waals surface area contributed by atoms with Gasteiger partial charge in [-0.05, 0) is 68.7 Å². The standard InChI is InChI=1S/C26H29ClN4O4/c1-30(2)15-16-35-18-22(17-24(32)28-21-10-8-20(27)9-11-21)29-26(34)19-6-12-23(13-7-19)31-14-4-3-5-25(31)33/h3-14,22H,15-18H2,1-2H3,(H,28,32)(H,29,34). The van der Waals surface area contributed by atoms with Crippen LogP contribution in [0.15, 0.2) is 77.7 Å². The summed E-state index contributed by atoms with van der Waals surface area (Å²) in [6.45, 7) is 1.38. The lowest BCUT2D eigenvalue weighted by molar-refractivity contribution is -0.117. The minimum absolute atomic E-state index is 0.0355. The smallest absolute Gasteiger partial charge is 0.255 e. The number of carbonyl (C=O) groups excluding carboxylic acids is 2. The Morgan fingerprint density at radius 3 is 2.40 bits per heavy atom. The van der Waals surface area contributed by atoms with Crippen LogP contribution in [0.1, 0.15) is 16.8 Å². The summed E-state index contributed by atoms with van der Waals surface area (Å²) in [4.78, 5) is 39.5. The zero-order valence-electron chi connectivity index (χ0n) is 19.7. The minimum Gasteiger partial charge on any atom is -0.378 e. The van der Waals surface area contributed by atoms with Crippen molar-refractivity contribution in [3.05, 3.63) is 93.9 Å². The van der Waals surface area contributed by atoms with Gasteiger partial charge in [0.15, 0.2) is 0 Å². The fourth-order valence-electron chi connectivity index (χ4n) is 3.28. The summed E-state index contributed by atoms with van der Waals surface area (Å²) in [6, 6.07) is 17.8. The summed E-state index contributed by atoms with van der Waals surface area (Å²) in [7, 11) is 3.88. The van der Waals surface area contributed by atoms with E-state index in [4.69, 9.17) is 16.3 Å². The average molecular weight is 497 g/mol. The molecule has 2 aromatic carbocycles. The summed E-state index contributed by atoms with van der Waals surface area (Å²) < 4.78 is 7.20. The zero-order valence-corrected chi connectivity index (χ0v) is 20.5. The quantitative estimate of drug-likeness (QED) is 0.398. The van der Waals surface area contributed by atoms with Gasteiger partial charge >= 0.3 is 0 Å². The Morgan fingerprint density at radius 1 is 1.03 bits per heavy atom. The molecule has 2 N–H and O–H groups in total. The first-order valence-electron chi connectivity index (χ1n) is 11.2. The molecule has 0 fully saturated rings. The summed E-state index contributed by atoms with van der Waals surface area (Å²) in [5.74, 6) is -0.593. The van der Waals surface area contributed by atoms with Crippen LogP contribution in [0.3, 0.4) is 0 Å². The normalized spacial score (nSPS) is 11.8. The second-order valence-electron chi connectivity index (χ2n) is 8.26. The molecule has 0 aliphatic carbocycles. The Hall–Kier alpha value is -3.46. The van der Waals surface area contributed by atoms with Gasteiger partial charge in [0.2, 0.25) is 5.91 Å². The Bertz CT molecular complexity index is 1180. The lowest BCUT2D eigenvalue weighted by Gasteiger charge is -2.20. The molecular weight excluding hydrogens is 468 g/mol. The molecule has 0 spiro atoms. The summed E-state index contributed by atoms with van der Waals surface area (Å²) in [5, 5.41) is 6.27. The van der Waals surface area contributed by atoms with Gasteiger partial charge in [-0.1, -0.05) is 17.7 Å². The maximum Gasteiger partial charge on any atom is 0.255 e. The Kier molecular flexibility index (Phi) is 9.60. The minimum atomic E-state index is -0.534. The number of halogens is 1. The van der Waals surface area contributed by atoms with Crippen LogP contribution in [-0.4, -0.2) is 61.2 Å². The predicted molar refractivity (Wildman–Crippen MR) is 137 cm³/mol. The predicted octanol–water partition coefficient (Wildman–Crippen LogP) is 3.20. The fourth-order valence-corrected chi connectivity index (χ4v) is 3.40. The van der Waals surface area contributed by atoms with E-state index in [1.54, 1.807) is 66.9 Å². The number of carbonyl (C=O) groups is 2. The first kappa shape index (κ1) is 26.2.